The molecule has 0 aliphatic heterocycles. The Labute approximate surface area is 216 Å². The highest BCUT2D eigenvalue weighted by atomic mass is 32.1. The van der Waals surface area contributed by atoms with E-state index in [1.165, 1.54) is 50.5 Å². The van der Waals surface area contributed by atoms with Crippen LogP contribution in [-0.2, 0) is 16.6 Å². The fraction of sp³-hybridized carbons (Fsp3) is 0.767. The molecule has 3 unspecified atom stereocenters. The smallest absolute Gasteiger partial charge is 0.316 e. The summed E-state index contributed by atoms with van der Waals surface area (Å²) in [6, 6.07) is 8.05. The van der Waals surface area contributed by atoms with Gasteiger partial charge in [-0.15, -0.1) is 0 Å². The molecule has 0 saturated heterocycles. The van der Waals surface area contributed by atoms with Crippen LogP contribution >= 0.6 is 12.6 Å². The molecule has 0 amide bonds. The second-order valence-electron chi connectivity index (χ2n) is 11.9. The molecule has 0 aromatic heterocycles. The van der Waals surface area contributed by atoms with E-state index in [0.717, 1.165) is 18.4 Å². The van der Waals surface area contributed by atoms with E-state index in [9.17, 15) is 9.90 Å². The van der Waals surface area contributed by atoms with Crippen molar-refractivity contribution in [2.45, 2.75) is 136 Å². The number of unbranched alkanes of at least 4 members (excludes halogenated alkanes) is 5. The Morgan fingerprint density at radius 3 is 2.00 bits per heavy atom. The monoisotopic (exact) mass is 494 g/mol. The molecule has 4 heteroatoms. The van der Waals surface area contributed by atoms with E-state index >= 15 is 0 Å². The summed E-state index contributed by atoms with van der Waals surface area (Å²) in [7, 11) is 0. The van der Waals surface area contributed by atoms with Crippen molar-refractivity contribution in [2.75, 3.05) is 0 Å². The third kappa shape index (κ3) is 14.4. The lowest BCUT2D eigenvalue weighted by Crippen LogP contribution is -2.32. The van der Waals surface area contributed by atoms with Crippen LogP contribution < -0.4 is 0 Å². The Kier molecular flexibility index (Phi) is 16.1. The Bertz CT molecular complexity index is 672. The van der Waals surface area contributed by atoms with Gasteiger partial charge in [0.15, 0.2) is 0 Å². The van der Waals surface area contributed by atoms with E-state index in [-0.39, 0.29) is 16.9 Å². The van der Waals surface area contributed by atoms with Crippen LogP contribution in [0.3, 0.4) is 0 Å². The molecule has 34 heavy (non-hydrogen) atoms. The predicted octanol–water partition coefficient (Wildman–Crippen LogP) is 8.47. The molecule has 0 bridgehead atoms. The Hall–Kier alpha value is -1.00. The number of carboxylic acid groups (broad SMARTS) is 1. The average molecular weight is 495 g/mol. The predicted molar refractivity (Wildman–Crippen MR) is 151 cm³/mol. The first-order valence-corrected chi connectivity index (χ1v) is 13.9. The van der Waals surface area contributed by atoms with Crippen molar-refractivity contribution in [1.29, 1.82) is 0 Å². The molecular weight excluding hydrogens is 440 g/mol. The van der Waals surface area contributed by atoms with E-state index in [1.54, 1.807) is 0 Å². The summed E-state index contributed by atoms with van der Waals surface area (Å²) in [5.74, 6) is -0.409. The molecule has 0 heterocycles. The first-order valence-electron chi connectivity index (χ1n) is 13.4. The third-order valence-electron chi connectivity index (χ3n) is 6.54. The van der Waals surface area contributed by atoms with Gasteiger partial charge >= 0.3 is 5.97 Å². The van der Waals surface area contributed by atoms with Crippen LogP contribution in [0, 0.1) is 11.3 Å². The lowest BCUT2D eigenvalue weighted by atomic mass is 9.73. The fourth-order valence-electron chi connectivity index (χ4n) is 4.32. The zero-order chi connectivity index (χ0) is 26.4. The van der Waals surface area contributed by atoms with Gasteiger partial charge < -0.3 is 10.2 Å². The van der Waals surface area contributed by atoms with Crippen LogP contribution in [-0.4, -0.2) is 27.5 Å². The Balaban J connectivity index is 0.000000644. The lowest BCUT2D eigenvalue weighted by Gasteiger charge is -2.34. The maximum absolute atomic E-state index is 10.7. The number of rotatable bonds is 13. The van der Waals surface area contributed by atoms with Crippen molar-refractivity contribution in [3.05, 3.63) is 35.4 Å². The quantitative estimate of drug-likeness (QED) is 0.190. The summed E-state index contributed by atoms with van der Waals surface area (Å²) in [4.78, 5) is 10.7. The van der Waals surface area contributed by atoms with Gasteiger partial charge in [0.05, 0.1) is 6.10 Å². The Morgan fingerprint density at radius 1 is 0.912 bits per heavy atom. The van der Waals surface area contributed by atoms with Gasteiger partial charge in [-0.05, 0) is 47.1 Å². The van der Waals surface area contributed by atoms with Gasteiger partial charge in [-0.1, -0.05) is 125 Å². The highest BCUT2D eigenvalue weighted by Crippen LogP contribution is 2.34. The first-order chi connectivity index (χ1) is 15.7. The third-order valence-corrected chi connectivity index (χ3v) is 6.94. The van der Waals surface area contributed by atoms with Crippen molar-refractivity contribution in [3.8, 4) is 0 Å². The first kappa shape index (κ1) is 33.0. The molecule has 2 N–H and O–H groups in total. The van der Waals surface area contributed by atoms with Crippen LogP contribution in [0.25, 0.3) is 0 Å². The summed E-state index contributed by atoms with van der Waals surface area (Å²) >= 11 is 4.04. The molecule has 0 radical (unpaired) electrons. The van der Waals surface area contributed by atoms with Crippen molar-refractivity contribution in [3.63, 3.8) is 0 Å². The number of aliphatic hydroxyl groups excluding tert-OH is 1. The molecule has 1 aromatic carbocycles. The van der Waals surface area contributed by atoms with Crippen LogP contribution in [0.2, 0.25) is 0 Å². The Morgan fingerprint density at radius 2 is 1.50 bits per heavy atom. The van der Waals surface area contributed by atoms with Gasteiger partial charge in [-0.3, -0.25) is 4.79 Å². The normalized spacial score (nSPS) is 14.6. The summed E-state index contributed by atoms with van der Waals surface area (Å²) in [6.45, 7) is 17.7. The second-order valence-corrected chi connectivity index (χ2v) is 12.5. The topological polar surface area (TPSA) is 57.5 Å². The molecule has 198 valence electrons. The average Bonchev–Trinajstić information content (AvgIpc) is 2.72. The van der Waals surface area contributed by atoms with Crippen LogP contribution in [0.4, 0.5) is 0 Å². The van der Waals surface area contributed by atoms with E-state index in [1.807, 2.05) is 12.1 Å². The van der Waals surface area contributed by atoms with Gasteiger partial charge in [0.25, 0.3) is 0 Å². The summed E-state index contributed by atoms with van der Waals surface area (Å²) < 4.78 is 0. The zero-order valence-electron chi connectivity index (χ0n) is 23.4. The van der Waals surface area contributed by atoms with Gasteiger partial charge in [-0.2, -0.15) is 12.6 Å². The number of hydrogen-bond donors (Lipinski definition) is 3. The van der Waals surface area contributed by atoms with Crippen LogP contribution in [0.15, 0.2) is 24.3 Å². The minimum atomic E-state index is -0.871. The highest BCUT2D eigenvalue weighted by molar-refractivity contribution is 7.81. The van der Waals surface area contributed by atoms with Crippen LogP contribution in [0.5, 0.6) is 0 Å². The van der Waals surface area contributed by atoms with Gasteiger partial charge in [-0.25, -0.2) is 0 Å². The standard InChI is InChI=1S/C17H36O.C13H18O2S/c1-6-8-9-10-11-12-14-15(17(3,4)5)16(18)13-7-2;1-13(2,3)10-6-4-5-9(7-10)8-11(16)12(14)15/h15-16,18H,6-14H2,1-5H3;4-7,11,16H,8H2,1-3H3,(H,14,15). The van der Waals surface area contributed by atoms with E-state index in [4.69, 9.17) is 5.11 Å². The van der Waals surface area contributed by atoms with E-state index in [2.05, 4.69) is 80.2 Å². The largest absolute Gasteiger partial charge is 0.480 e. The molecular formula is C30H54O3S. The van der Waals surface area contributed by atoms with Crippen molar-refractivity contribution >= 4 is 18.6 Å². The van der Waals surface area contributed by atoms with Gasteiger partial charge in [0.2, 0.25) is 0 Å². The van der Waals surface area contributed by atoms with Gasteiger partial charge in [0, 0.05) is 0 Å². The number of benzene rings is 1. The maximum atomic E-state index is 10.7. The molecule has 3 atom stereocenters. The van der Waals surface area contributed by atoms with E-state index in [0.29, 0.717) is 12.3 Å². The molecule has 0 spiro atoms. The highest BCUT2D eigenvalue weighted by Gasteiger charge is 2.29. The number of hydrogen-bond acceptors (Lipinski definition) is 3. The fourth-order valence-corrected chi connectivity index (χ4v) is 4.53. The van der Waals surface area contributed by atoms with Crippen molar-refractivity contribution in [2.24, 2.45) is 11.3 Å². The molecule has 1 aromatic rings. The minimum absolute atomic E-state index is 0.0886. The SMILES string of the molecule is CC(C)(C)c1cccc(CC(S)C(=O)O)c1.CCCCCCCCC(C(O)CCC)C(C)(C)C. The number of aliphatic hydroxyl groups is 1. The molecule has 1 rings (SSSR count). The van der Waals surface area contributed by atoms with Gasteiger partial charge in [0.1, 0.15) is 5.25 Å². The summed E-state index contributed by atoms with van der Waals surface area (Å²) in [5, 5.41) is 18.5. The second kappa shape index (κ2) is 16.6. The molecule has 0 aliphatic carbocycles. The molecule has 3 nitrogen and oxygen atoms in total. The maximum Gasteiger partial charge on any atom is 0.316 e. The number of carboxylic acids is 1. The van der Waals surface area contributed by atoms with E-state index < -0.39 is 11.2 Å². The molecule has 0 fully saturated rings. The lowest BCUT2D eigenvalue weighted by molar-refractivity contribution is -0.136. The summed E-state index contributed by atoms with van der Waals surface area (Å²) in [5.41, 5.74) is 2.56. The van der Waals surface area contributed by atoms with Crippen molar-refractivity contribution < 1.29 is 15.0 Å². The zero-order valence-corrected chi connectivity index (χ0v) is 24.3. The molecule has 0 saturated carbocycles. The number of aliphatic carboxylic acids is 1. The van der Waals surface area contributed by atoms with Crippen molar-refractivity contribution in [1.82, 2.24) is 0 Å². The summed E-state index contributed by atoms with van der Waals surface area (Å²) in [6.07, 6.45) is 11.7. The number of carbonyl (C=O) groups is 1. The number of thiol groups is 1. The molecule has 0 aliphatic rings. The minimum Gasteiger partial charge on any atom is -0.480 e. The van der Waals surface area contributed by atoms with Crippen LogP contribution in [0.1, 0.15) is 124 Å².